The van der Waals surface area contributed by atoms with E-state index in [0.717, 1.165) is 0 Å². The van der Waals surface area contributed by atoms with Crippen LogP contribution >= 0.6 is 0 Å². The molecule has 0 radical (unpaired) electrons. The molecule has 0 aromatic heterocycles. The summed E-state index contributed by atoms with van der Waals surface area (Å²) < 4.78 is 0. The summed E-state index contributed by atoms with van der Waals surface area (Å²) in [5, 5.41) is 17.9. The van der Waals surface area contributed by atoms with Crippen molar-refractivity contribution in [2.24, 2.45) is 0 Å². The first kappa shape index (κ1) is 9.98. The van der Waals surface area contributed by atoms with Gasteiger partial charge in [0.05, 0.1) is 12.5 Å². The fraction of sp³-hybridized carbons (Fsp3) is 0.750. The van der Waals surface area contributed by atoms with Gasteiger partial charge in [0.15, 0.2) is 0 Å². The Morgan fingerprint density at radius 1 is 1.77 bits per heavy atom. The molecule has 2 N–H and O–H groups in total. The van der Waals surface area contributed by atoms with Crippen molar-refractivity contribution in [3.8, 4) is 0 Å². The highest BCUT2D eigenvalue weighted by Crippen LogP contribution is 2.16. The molecule has 0 spiro atoms. The largest absolute Gasteiger partial charge is 0.480 e. The van der Waals surface area contributed by atoms with Gasteiger partial charge in [0.2, 0.25) is 5.91 Å². The van der Waals surface area contributed by atoms with Gasteiger partial charge in [0.25, 0.3) is 0 Å². The van der Waals surface area contributed by atoms with Crippen molar-refractivity contribution in [3.05, 3.63) is 0 Å². The molecule has 1 heterocycles. The summed E-state index contributed by atoms with van der Waals surface area (Å²) in [6.45, 7) is 1.85. The maximum absolute atomic E-state index is 11.2. The van der Waals surface area contributed by atoms with Gasteiger partial charge in [-0.3, -0.25) is 4.79 Å². The number of nitrogens with zero attached hydrogens (tertiary/aromatic N) is 1. The number of hydrogen-bond acceptors (Lipinski definition) is 3. The fourth-order valence-electron chi connectivity index (χ4n) is 1.54. The number of aliphatic hydroxyl groups excluding tert-OH is 1. The minimum Gasteiger partial charge on any atom is -0.480 e. The van der Waals surface area contributed by atoms with Crippen LogP contribution in [0.2, 0.25) is 0 Å². The number of hydrogen-bond donors (Lipinski definition) is 2. The third kappa shape index (κ3) is 1.98. The second kappa shape index (κ2) is 3.74. The van der Waals surface area contributed by atoms with Gasteiger partial charge in [-0.2, -0.15) is 0 Å². The number of carboxylic acids is 1. The lowest BCUT2D eigenvalue weighted by Crippen LogP contribution is -2.42. The molecule has 13 heavy (non-hydrogen) atoms. The summed E-state index contributed by atoms with van der Waals surface area (Å²) in [5.41, 5.74) is 0. The average molecular weight is 187 g/mol. The number of likely N-dealkylation sites (tertiary alicyclic amines) is 1. The van der Waals surface area contributed by atoms with E-state index in [1.165, 1.54) is 4.90 Å². The first-order valence-corrected chi connectivity index (χ1v) is 4.26. The summed E-state index contributed by atoms with van der Waals surface area (Å²) >= 11 is 0. The van der Waals surface area contributed by atoms with E-state index in [-0.39, 0.29) is 18.9 Å². The molecule has 1 amide bonds. The highest BCUT2D eigenvalue weighted by molar-refractivity contribution is 5.85. The topological polar surface area (TPSA) is 77.8 Å². The zero-order valence-corrected chi connectivity index (χ0v) is 7.43. The predicted octanol–water partition coefficient (Wildman–Crippen LogP) is -0.557. The molecule has 1 aliphatic rings. The zero-order chi connectivity index (χ0) is 10.0. The van der Waals surface area contributed by atoms with E-state index in [0.29, 0.717) is 6.42 Å². The Bertz CT molecular complexity index is 228. The Labute approximate surface area is 76.0 Å². The smallest absolute Gasteiger partial charge is 0.326 e. The standard InChI is InChI=1S/C8H13NO4/c1-2-6(8(12)13)9-4-5(10)3-7(9)11/h5-6,10H,2-4H2,1H3,(H,12,13). The minimum atomic E-state index is -1.01. The monoisotopic (exact) mass is 187 g/mol. The van der Waals surface area contributed by atoms with E-state index in [2.05, 4.69) is 0 Å². The molecule has 1 saturated heterocycles. The SMILES string of the molecule is CCC(C(=O)O)N1CC(O)CC1=O. The van der Waals surface area contributed by atoms with Crippen LogP contribution in [0, 0.1) is 0 Å². The van der Waals surface area contributed by atoms with Gasteiger partial charge in [-0.1, -0.05) is 6.92 Å². The number of carbonyl (C=O) groups is 2. The van der Waals surface area contributed by atoms with Gasteiger partial charge in [-0.15, -0.1) is 0 Å². The number of amides is 1. The van der Waals surface area contributed by atoms with Crippen molar-refractivity contribution in [2.45, 2.75) is 31.9 Å². The van der Waals surface area contributed by atoms with E-state index in [4.69, 9.17) is 10.2 Å². The normalized spacial score (nSPS) is 24.9. The van der Waals surface area contributed by atoms with Crippen molar-refractivity contribution >= 4 is 11.9 Å². The Hall–Kier alpha value is -1.10. The molecule has 5 nitrogen and oxygen atoms in total. The molecule has 2 unspecified atom stereocenters. The highest BCUT2D eigenvalue weighted by Gasteiger charge is 2.35. The predicted molar refractivity (Wildman–Crippen MR) is 44.1 cm³/mol. The van der Waals surface area contributed by atoms with Crippen molar-refractivity contribution in [3.63, 3.8) is 0 Å². The Balaban J connectivity index is 2.69. The summed E-state index contributed by atoms with van der Waals surface area (Å²) in [5.74, 6) is -1.29. The van der Waals surface area contributed by atoms with Crippen LogP contribution in [-0.2, 0) is 9.59 Å². The first-order chi connectivity index (χ1) is 6.06. The Morgan fingerprint density at radius 3 is 2.69 bits per heavy atom. The lowest BCUT2D eigenvalue weighted by atomic mass is 10.2. The van der Waals surface area contributed by atoms with Gasteiger partial charge >= 0.3 is 5.97 Å². The third-order valence-electron chi connectivity index (χ3n) is 2.19. The molecule has 0 saturated carbocycles. The number of rotatable bonds is 3. The van der Waals surface area contributed by atoms with Crippen LogP contribution in [0.3, 0.4) is 0 Å². The Kier molecular flexibility index (Phi) is 2.87. The van der Waals surface area contributed by atoms with Crippen LogP contribution in [0.15, 0.2) is 0 Å². The first-order valence-electron chi connectivity index (χ1n) is 4.26. The average Bonchev–Trinajstić information content (AvgIpc) is 2.31. The lowest BCUT2D eigenvalue weighted by molar-refractivity contribution is -0.148. The zero-order valence-electron chi connectivity index (χ0n) is 7.43. The van der Waals surface area contributed by atoms with Gasteiger partial charge < -0.3 is 15.1 Å². The maximum Gasteiger partial charge on any atom is 0.326 e. The summed E-state index contributed by atoms with van der Waals surface area (Å²) in [4.78, 5) is 23.1. The minimum absolute atomic E-state index is 0.0454. The van der Waals surface area contributed by atoms with Crippen LogP contribution in [-0.4, -0.2) is 45.7 Å². The van der Waals surface area contributed by atoms with Crippen molar-refractivity contribution < 1.29 is 19.8 Å². The van der Waals surface area contributed by atoms with Crippen molar-refractivity contribution in [2.75, 3.05) is 6.54 Å². The van der Waals surface area contributed by atoms with E-state index in [9.17, 15) is 9.59 Å². The Morgan fingerprint density at radius 2 is 2.38 bits per heavy atom. The summed E-state index contributed by atoms with van der Waals surface area (Å²) in [6, 6.07) is -0.787. The molecule has 1 rings (SSSR count). The van der Waals surface area contributed by atoms with Gasteiger partial charge in [0, 0.05) is 6.54 Å². The van der Waals surface area contributed by atoms with Gasteiger partial charge in [-0.25, -0.2) is 4.79 Å². The van der Waals surface area contributed by atoms with Crippen LogP contribution in [0.5, 0.6) is 0 Å². The molecule has 0 bridgehead atoms. The van der Waals surface area contributed by atoms with Crippen LogP contribution in [0.25, 0.3) is 0 Å². The highest BCUT2D eigenvalue weighted by atomic mass is 16.4. The lowest BCUT2D eigenvalue weighted by Gasteiger charge is -2.22. The molecule has 1 aliphatic heterocycles. The van der Waals surface area contributed by atoms with Gasteiger partial charge in [-0.05, 0) is 6.42 Å². The number of aliphatic carboxylic acids is 1. The van der Waals surface area contributed by atoms with Crippen molar-refractivity contribution in [1.29, 1.82) is 0 Å². The molecule has 74 valence electrons. The third-order valence-corrected chi connectivity index (χ3v) is 2.19. The van der Waals surface area contributed by atoms with Gasteiger partial charge in [0.1, 0.15) is 6.04 Å². The van der Waals surface area contributed by atoms with E-state index >= 15 is 0 Å². The molecular formula is C8H13NO4. The summed E-state index contributed by atoms with van der Waals surface area (Å²) in [7, 11) is 0. The van der Waals surface area contributed by atoms with Crippen LogP contribution in [0.4, 0.5) is 0 Å². The summed E-state index contributed by atoms with van der Waals surface area (Å²) in [6.07, 6.45) is -0.293. The van der Waals surface area contributed by atoms with E-state index in [1.54, 1.807) is 6.92 Å². The fourth-order valence-corrected chi connectivity index (χ4v) is 1.54. The number of aliphatic hydroxyl groups is 1. The van der Waals surface area contributed by atoms with E-state index < -0.39 is 18.1 Å². The molecule has 0 aromatic carbocycles. The second-order valence-corrected chi connectivity index (χ2v) is 3.17. The maximum atomic E-state index is 11.2. The molecule has 2 atom stereocenters. The molecule has 0 aromatic rings. The molecule has 5 heteroatoms. The number of carboxylic acid groups (broad SMARTS) is 1. The molecule has 1 fully saturated rings. The van der Waals surface area contributed by atoms with E-state index in [1.807, 2.05) is 0 Å². The number of carbonyl (C=O) groups excluding carboxylic acids is 1. The van der Waals surface area contributed by atoms with Crippen LogP contribution < -0.4 is 0 Å². The number of β-amino-alcohol motifs (C(OH)–C–C–N with tert-alkyl or cyclic N) is 1. The van der Waals surface area contributed by atoms with Crippen LogP contribution in [0.1, 0.15) is 19.8 Å². The molecule has 0 aliphatic carbocycles. The second-order valence-electron chi connectivity index (χ2n) is 3.17. The quantitative estimate of drug-likeness (QED) is 0.621. The molecular weight excluding hydrogens is 174 g/mol. The van der Waals surface area contributed by atoms with Crippen molar-refractivity contribution in [1.82, 2.24) is 4.90 Å².